The molecule has 4 heterocycles. The number of tetrazole rings is 1. The number of fused-ring (bicyclic) bond motifs is 1. The number of halogens is 2. The molecule has 0 saturated carbocycles. The number of nitrogens with zero attached hydrogens (tertiary/aromatic N) is 7. The standard InChI is InChI=1S/C27H22BrClN8O2/c1-2-3-8-21-31-25(29)23(27(38)36-12-11-30-15-36)37(21)14-16-9-10-20-19(13-16)22(28)24(39-20)17-6-4-5-7-18(17)26-32-34-35-33-26/h4-7,9-13,15H,2-3,8,14H2,1H3,(H,32,33,34,35). The molecular formula is C27H22BrClN8O2. The molecule has 0 atom stereocenters. The van der Waals surface area contributed by atoms with Crippen LogP contribution in [-0.2, 0) is 13.0 Å². The molecule has 10 nitrogen and oxygen atoms in total. The van der Waals surface area contributed by atoms with E-state index in [-0.39, 0.29) is 11.1 Å². The highest BCUT2D eigenvalue weighted by atomic mass is 79.9. The van der Waals surface area contributed by atoms with Crippen LogP contribution in [0, 0.1) is 0 Å². The molecule has 0 radical (unpaired) electrons. The molecule has 0 aliphatic carbocycles. The first-order chi connectivity index (χ1) is 19.0. The maximum atomic E-state index is 13.3. The van der Waals surface area contributed by atoms with Crippen LogP contribution in [0.2, 0.25) is 5.15 Å². The van der Waals surface area contributed by atoms with E-state index in [1.807, 2.05) is 47.0 Å². The van der Waals surface area contributed by atoms with Gasteiger partial charge >= 0.3 is 0 Å². The van der Waals surface area contributed by atoms with E-state index >= 15 is 0 Å². The fraction of sp³-hybridized carbons (Fsp3) is 0.185. The highest BCUT2D eigenvalue weighted by Gasteiger charge is 2.24. The predicted molar refractivity (Wildman–Crippen MR) is 149 cm³/mol. The van der Waals surface area contributed by atoms with Crippen LogP contribution in [0.25, 0.3) is 33.7 Å². The first kappa shape index (κ1) is 25.2. The summed E-state index contributed by atoms with van der Waals surface area (Å²) in [4.78, 5) is 21.9. The van der Waals surface area contributed by atoms with Gasteiger partial charge in [-0.2, -0.15) is 0 Å². The van der Waals surface area contributed by atoms with E-state index in [0.29, 0.717) is 30.2 Å². The number of aromatic nitrogens is 8. The van der Waals surface area contributed by atoms with E-state index < -0.39 is 0 Å². The van der Waals surface area contributed by atoms with Crippen LogP contribution < -0.4 is 0 Å². The number of furan rings is 1. The molecule has 6 aromatic rings. The molecule has 0 bridgehead atoms. The van der Waals surface area contributed by atoms with Crippen LogP contribution in [0.15, 0.2) is 70.1 Å². The topological polar surface area (TPSA) is 120 Å². The fourth-order valence-corrected chi connectivity index (χ4v) is 5.48. The molecule has 12 heteroatoms. The molecule has 6 rings (SSSR count). The van der Waals surface area contributed by atoms with Gasteiger partial charge in [-0.25, -0.2) is 15.1 Å². The Morgan fingerprint density at radius 3 is 2.77 bits per heavy atom. The number of hydrogen-bond donors (Lipinski definition) is 1. The molecule has 1 N–H and O–H groups in total. The van der Waals surface area contributed by atoms with E-state index in [4.69, 9.17) is 16.0 Å². The van der Waals surface area contributed by atoms with Crippen molar-refractivity contribution in [3.8, 4) is 22.7 Å². The highest BCUT2D eigenvalue weighted by Crippen LogP contribution is 2.41. The Balaban J connectivity index is 1.41. The summed E-state index contributed by atoms with van der Waals surface area (Å²) in [6.07, 6.45) is 7.26. The van der Waals surface area contributed by atoms with Gasteiger partial charge in [0, 0.05) is 41.9 Å². The maximum Gasteiger partial charge on any atom is 0.283 e. The quantitative estimate of drug-likeness (QED) is 0.220. The Labute approximate surface area is 236 Å². The van der Waals surface area contributed by atoms with Crippen molar-refractivity contribution in [3.63, 3.8) is 0 Å². The average Bonchev–Trinajstić information content (AvgIpc) is 3.76. The molecule has 0 saturated heterocycles. The second kappa shape index (κ2) is 10.6. The predicted octanol–water partition coefficient (Wildman–Crippen LogP) is 6.17. The minimum Gasteiger partial charge on any atom is -0.455 e. The molecule has 39 heavy (non-hydrogen) atoms. The second-order valence-corrected chi connectivity index (χ2v) is 10.2. The SMILES string of the molecule is CCCCc1nc(Cl)c(C(=O)n2ccnc2)n1Cc1ccc2oc(-c3ccccc3-c3nnn[nH]3)c(Br)c2c1. The van der Waals surface area contributed by atoms with Crippen molar-refractivity contribution in [2.75, 3.05) is 0 Å². The minimum atomic E-state index is -0.279. The lowest BCUT2D eigenvalue weighted by Crippen LogP contribution is -2.18. The van der Waals surface area contributed by atoms with Gasteiger partial charge in [-0.3, -0.25) is 9.36 Å². The van der Waals surface area contributed by atoms with E-state index in [0.717, 1.165) is 50.8 Å². The van der Waals surface area contributed by atoms with Gasteiger partial charge in [0.15, 0.2) is 11.0 Å². The Kier molecular flexibility index (Phi) is 6.84. The Morgan fingerprint density at radius 2 is 2.03 bits per heavy atom. The number of benzene rings is 2. The Bertz CT molecular complexity index is 1770. The second-order valence-electron chi connectivity index (χ2n) is 9.00. The van der Waals surface area contributed by atoms with Crippen LogP contribution in [-0.4, -0.2) is 45.6 Å². The van der Waals surface area contributed by atoms with Gasteiger partial charge in [-0.1, -0.05) is 55.3 Å². The summed E-state index contributed by atoms with van der Waals surface area (Å²) in [5, 5.41) is 15.4. The number of nitrogens with one attached hydrogen (secondary N) is 1. The molecule has 0 spiro atoms. The molecule has 0 amide bonds. The smallest absolute Gasteiger partial charge is 0.283 e. The lowest BCUT2D eigenvalue weighted by molar-refractivity contribution is 0.0951. The molecular weight excluding hydrogens is 584 g/mol. The lowest BCUT2D eigenvalue weighted by Gasteiger charge is -2.12. The number of carbonyl (C=O) groups is 1. The van der Waals surface area contributed by atoms with E-state index in [9.17, 15) is 4.79 Å². The molecule has 0 fully saturated rings. The largest absolute Gasteiger partial charge is 0.455 e. The summed E-state index contributed by atoms with van der Waals surface area (Å²) in [5.41, 5.74) is 3.68. The molecule has 2 aromatic carbocycles. The van der Waals surface area contributed by atoms with Crippen molar-refractivity contribution in [2.24, 2.45) is 0 Å². The molecule has 196 valence electrons. The minimum absolute atomic E-state index is 0.186. The van der Waals surface area contributed by atoms with Gasteiger partial charge < -0.3 is 8.98 Å². The van der Waals surface area contributed by atoms with Crippen molar-refractivity contribution in [3.05, 3.63) is 87.9 Å². The van der Waals surface area contributed by atoms with E-state index in [2.05, 4.69) is 53.4 Å². The zero-order valence-corrected chi connectivity index (χ0v) is 23.1. The molecule has 0 aliphatic rings. The van der Waals surface area contributed by atoms with E-state index in [1.165, 1.54) is 10.9 Å². The van der Waals surface area contributed by atoms with Gasteiger partial charge in [0.2, 0.25) is 0 Å². The van der Waals surface area contributed by atoms with Gasteiger partial charge in [-0.15, -0.1) is 5.10 Å². The van der Waals surface area contributed by atoms with E-state index in [1.54, 1.807) is 12.4 Å². The van der Waals surface area contributed by atoms with Crippen molar-refractivity contribution in [1.29, 1.82) is 0 Å². The molecule has 4 aromatic heterocycles. The number of hydrogen-bond acceptors (Lipinski definition) is 7. The van der Waals surface area contributed by atoms with Crippen LogP contribution in [0.4, 0.5) is 0 Å². The first-order valence-corrected chi connectivity index (χ1v) is 13.5. The summed E-state index contributed by atoms with van der Waals surface area (Å²) in [6.45, 7) is 2.53. The zero-order valence-electron chi connectivity index (χ0n) is 20.8. The Morgan fingerprint density at radius 1 is 1.18 bits per heavy atom. The summed E-state index contributed by atoms with van der Waals surface area (Å²) in [6, 6.07) is 13.7. The van der Waals surface area contributed by atoms with Crippen molar-refractivity contribution in [1.82, 2.24) is 39.7 Å². The third-order valence-electron chi connectivity index (χ3n) is 6.50. The summed E-state index contributed by atoms with van der Waals surface area (Å²) in [5.74, 6) is 1.70. The van der Waals surface area contributed by atoms with Gasteiger partial charge in [0.05, 0.1) is 4.47 Å². The number of aryl methyl sites for hydroxylation is 1. The Hall–Kier alpha value is -4.09. The highest BCUT2D eigenvalue weighted by molar-refractivity contribution is 9.10. The number of carbonyl (C=O) groups excluding carboxylic acids is 1. The average molecular weight is 606 g/mol. The molecule has 0 unspecified atom stereocenters. The third kappa shape index (κ3) is 4.68. The zero-order chi connectivity index (χ0) is 26.9. The monoisotopic (exact) mass is 604 g/mol. The summed E-state index contributed by atoms with van der Waals surface area (Å²) >= 11 is 10.3. The molecule has 0 aliphatic heterocycles. The van der Waals surface area contributed by atoms with Crippen LogP contribution in [0.1, 0.15) is 41.6 Å². The van der Waals surface area contributed by atoms with Crippen LogP contribution in [0.5, 0.6) is 0 Å². The third-order valence-corrected chi connectivity index (χ3v) is 7.56. The number of aromatic amines is 1. The van der Waals surface area contributed by atoms with Crippen LogP contribution >= 0.6 is 27.5 Å². The van der Waals surface area contributed by atoms with Crippen molar-refractivity contribution >= 4 is 44.4 Å². The lowest BCUT2D eigenvalue weighted by atomic mass is 10.0. The summed E-state index contributed by atoms with van der Waals surface area (Å²) < 4.78 is 10.4. The normalized spacial score (nSPS) is 11.5. The van der Waals surface area contributed by atoms with Gasteiger partial charge in [0.1, 0.15) is 29.2 Å². The van der Waals surface area contributed by atoms with Gasteiger partial charge in [0.25, 0.3) is 5.91 Å². The van der Waals surface area contributed by atoms with Crippen LogP contribution in [0.3, 0.4) is 0 Å². The number of imidazole rings is 2. The number of unbranched alkanes of at least 4 members (excludes halogenated alkanes) is 1. The van der Waals surface area contributed by atoms with Crippen molar-refractivity contribution < 1.29 is 9.21 Å². The maximum absolute atomic E-state index is 13.3. The number of rotatable bonds is 8. The fourth-order valence-electron chi connectivity index (χ4n) is 4.60. The first-order valence-electron chi connectivity index (χ1n) is 12.4. The summed E-state index contributed by atoms with van der Waals surface area (Å²) in [7, 11) is 0. The van der Waals surface area contributed by atoms with Crippen molar-refractivity contribution in [2.45, 2.75) is 32.7 Å². The number of H-pyrrole nitrogens is 1. The van der Waals surface area contributed by atoms with Gasteiger partial charge in [-0.05, 0) is 50.5 Å².